The van der Waals surface area contributed by atoms with Gasteiger partial charge in [-0.1, -0.05) is 24.3 Å². The first kappa shape index (κ1) is 38.1. The van der Waals surface area contributed by atoms with Gasteiger partial charge in [-0.25, -0.2) is 4.79 Å². The average Bonchev–Trinajstić information content (AvgIpc) is 3.59. The van der Waals surface area contributed by atoms with E-state index in [1.807, 2.05) is 43.3 Å². The quantitative estimate of drug-likeness (QED) is 0.0377. The van der Waals surface area contributed by atoms with Gasteiger partial charge in [0, 0.05) is 42.7 Å². The van der Waals surface area contributed by atoms with Crippen molar-refractivity contribution in [3.05, 3.63) is 71.0 Å². The number of likely N-dealkylation sites (N-methyl/N-ethyl adjacent to an activating group) is 1. The minimum atomic E-state index is -5.80. The molecule has 4 aromatic carbocycles. The van der Waals surface area contributed by atoms with Crippen molar-refractivity contribution in [3.63, 3.8) is 0 Å². The Hall–Kier alpha value is -5.59. The molecular formula is C36H34F3N3O11S. The van der Waals surface area contributed by atoms with Crippen LogP contribution in [0.4, 0.5) is 23.7 Å². The summed E-state index contributed by atoms with van der Waals surface area (Å²) in [5.74, 6) is 0.234. The lowest BCUT2D eigenvalue weighted by atomic mass is 10.00. The third-order valence-electron chi connectivity index (χ3n) is 8.56. The van der Waals surface area contributed by atoms with Crippen molar-refractivity contribution in [2.45, 2.75) is 24.9 Å². The monoisotopic (exact) mass is 773 g/mol. The number of amides is 1. The van der Waals surface area contributed by atoms with E-state index in [1.165, 1.54) is 38.4 Å². The van der Waals surface area contributed by atoms with E-state index in [0.717, 1.165) is 21.1 Å². The number of benzene rings is 4. The van der Waals surface area contributed by atoms with Gasteiger partial charge in [-0.2, -0.15) is 21.6 Å². The molecule has 0 unspecified atom stereocenters. The largest absolute Gasteiger partial charge is 0.523 e. The smallest absolute Gasteiger partial charge is 0.493 e. The zero-order valence-electron chi connectivity index (χ0n) is 29.4. The lowest BCUT2D eigenvalue weighted by molar-refractivity contribution is -0.134. The molecule has 0 bridgehead atoms. The van der Waals surface area contributed by atoms with Gasteiger partial charge in [0.1, 0.15) is 0 Å². The Morgan fingerprint density at radius 2 is 1.57 bits per heavy atom. The molecule has 1 aliphatic heterocycles. The maximum atomic E-state index is 14.3. The van der Waals surface area contributed by atoms with E-state index in [0.29, 0.717) is 35.5 Å². The van der Waals surface area contributed by atoms with Crippen molar-refractivity contribution in [3.8, 4) is 28.7 Å². The van der Waals surface area contributed by atoms with Crippen LogP contribution in [0.1, 0.15) is 12.8 Å². The fourth-order valence-corrected chi connectivity index (χ4v) is 6.34. The Morgan fingerprint density at radius 1 is 0.870 bits per heavy atom. The number of halogens is 3. The van der Waals surface area contributed by atoms with Crippen molar-refractivity contribution in [2.75, 3.05) is 53.1 Å². The third-order valence-corrected chi connectivity index (χ3v) is 9.61. The Kier molecular flexibility index (Phi) is 10.6. The molecule has 0 N–H and O–H groups in total. The van der Waals surface area contributed by atoms with Crippen LogP contribution in [0, 0.1) is 0 Å². The van der Waals surface area contributed by atoms with Gasteiger partial charge in [0.25, 0.3) is 5.56 Å². The molecule has 2 heterocycles. The molecule has 18 heteroatoms. The van der Waals surface area contributed by atoms with Gasteiger partial charge < -0.3 is 33.2 Å². The van der Waals surface area contributed by atoms with E-state index in [9.17, 15) is 36.0 Å². The molecule has 0 aliphatic carbocycles. The normalized spacial score (nSPS) is 12.8. The fraction of sp³-hybridized carbons (Fsp3) is 0.306. The topological polar surface area (TPSA) is 152 Å². The number of methoxy groups -OCH3 is 1. The lowest BCUT2D eigenvalue weighted by Gasteiger charge is -2.21. The van der Waals surface area contributed by atoms with Crippen molar-refractivity contribution in [2.24, 2.45) is 0 Å². The number of esters is 1. The molecule has 14 nitrogen and oxygen atoms in total. The highest BCUT2D eigenvalue weighted by Gasteiger charge is 2.47. The second-order valence-corrected chi connectivity index (χ2v) is 14.0. The number of aromatic nitrogens is 1. The van der Waals surface area contributed by atoms with Crippen LogP contribution in [0.3, 0.4) is 0 Å². The molecule has 1 amide bonds. The minimum Gasteiger partial charge on any atom is -0.493 e. The molecule has 54 heavy (non-hydrogen) atoms. The Bertz CT molecular complexity index is 2450. The number of carbonyl (C=O) groups is 2. The van der Waals surface area contributed by atoms with Crippen LogP contribution in [0.15, 0.2) is 65.5 Å². The van der Waals surface area contributed by atoms with E-state index in [2.05, 4.69) is 4.18 Å². The molecule has 5 aromatic rings. The van der Waals surface area contributed by atoms with Crippen LogP contribution in [0.25, 0.3) is 32.4 Å². The number of hydrogen-bond acceptors (Lipinski definition) is 12. The highest BCUT2D eigenvalue weighted by molar-refractivity contribution is 7.87. The summed E-state index contributed by atoms with van der Waals surface area (Å²) in [6, 6.07) is 16.5. The summed E-state index contributed by atoms with van der Waals surface area (Å²) in [4.78, 5) is 43.4. The van der Waals surface area contributed by atoms with Gasteiger partial charge >= 0.3 is 27.7 Å². The zero-order valence-corrected chi connectivity index (χ0v) is 30.2. The molecule has 0 saturated heterocycles. The predicted molar refractivity (Wildman–Crippen MR) is 191 cm³/mol. The number of pyridine rings is 1. The lowest BCUT2D eigenvalue weighted by Crippen LogP contribution is -2.30. The van der Waals surface area contributed by atoms with Crippen molar-refractivity contribution in [1.82, 2.24) is 9.47 Å². The summed E-state index contributed by atoms with van der Waals surface area (Å²) in [5.41, 5.74) is -5.17. The van der Waals surface area contributed by atoms with E-state index < -0.39 is 47.1 Å². The number of nitrogens with zero attached hydrogens (tertiary/aromatic N) is 3. The van der Waals surface area contributed by atoms with Crippen LogP contribution < -0.4 is 34.1 Å². The fourth-order valence-electron chi connectivity index (χ4n) is 5.87. The van der Waals surface area contributed by atoms with Crippen LogP contribution in [-0.4, -0.2) is 83.7 Å². The number of rotatable bonds is 12. The second kappa shape index (κ2) is 15.0. The van der Waals surface area contributed by atoms with E-state index in [1.54, 1.807) is 16.7 Å². The highest BCUT2D eigenvalue weighted by atomic mass is 32.2. The molecule has 286 valence electrons. The van der Waals surface area contributed by atoms with Crippen molar-refractivity contribution in [1.29, 1.82) is 0 Å². The van der Waals surface area contributed by atoms with Gasteiger partial charge in [0.2, 0.25) is 6.79 Å². The number of ether oxygens (including phenoxy) is 5. The van der Waals surface area contributed by atoms with E-state index >= 15 is 0 Å². The predicted octanol–water partition coefficient (Wildman–Crippen LogP) is 5.79. The SMILES string of the molecule is COc1cc2c(cc1OC(=O)N(C)c1ccccc1OC(=O)CCCOS(=O)(=O)C(F)(F)F)c(=O)n(CCN(C)C)c1c3cc4c(cc3ccc21)OCO4. The third kappa shape index (κ3) is 7.57. The first-order chi connectivity index (χ1) is 25.6. The second-order valence-electron chi connectivity index (χ2n) is 12.4. The average molecular weight is 774 g/mol. The van der Waals surface area contributed by atoms with E-state index in [4.69, 9.17) is 23.7 Å². The number of para-hydroxylation sites is 2. The molecule has 0 spiro atoms. The summed E-state index contributed by atoms with van der Waals surface area (Å²) in [5, 5.41) is 3.19. The summed E-state index contributed by atoms with van der Waals surface area (Å²) in [6.07, 6.45) is -1.84. The molecule has 6 rings (SSSR count). The Balaban J connectivity index is 1.29. The molecule has 0 saturated carbocycles. The van der Waals surface area contributed by atoms with Gasteiger partial charge in [-0.05, 0) is 62.3 Å². The van der Waals surface area contributed by atoms with Crippen LogP contribution >= 0.6 is 0 Å². The summed E-state index contributed by atoms with van der Waals surface area (Å²) in [7, 11) is 0.722. The number of hydrogen-bond donors (Lipinski definition) is 0. The summed E-state index contributed by atoms with van der Waals surface area (Å²) in [6.45, 7) is 0.0673. The standard InChI is InChI=1S/C36H34F3N3O11S/c1-40(2)13-14-42-33-22(12-11-21-16-29-30(17-23(21)33)50-20-49-29)24-18-28(48-4)31(19-25(24)34(42)44)53-35(45)41(3)26-8-5-6-9-27(26)52-32(43)10-7-15-51-54(46,47)36(37,38)39/h5-6,8-9,11-12,16-19H,7,10,13-15,20H2,1-4H3. The van der Waals surface area contributed by atoms with Gasteiger partial charge in [0.15, 0.2) is 28.7 Å². The molecule has 0 atom stereocenters. The zero-order chi connectivity index (χ0) is 38.9. The maximum absolute atomic E-state index is 14.3. The first-order valence-corrected chi connectivity index (χ1v) is 17.8. The summed E-state index contributed by atoms with van der Waals surface area (Å²) >= 11 is 0. The Labute approximate surface area is 306 Å². The molecule has 0 radical (unpaired) electrons. The first-order valence-electron chi connectivity index (χ1n) is 16.4. The van der Waals surface area contributed by atoms with Crippen LogP contribution in [-0.2, 0) is 25.6 Å². The number of fused-ring (bicyclic) bond motifs is 6. The minimum absolute atomic E-state index is 0.0649. The molecule has 0 fully saturated rings. The van der Waals surface area contributed by atoms with Gasteiger partial charge in [0.05, 0.1) is 30.3 Å². The van der Waals surface area contributed by atoms with Crippen LogP contribution in [0.2, 0.25) is 0 Å². The molecular weight excluding hydrogens is 739 g/mol. The van der Waals surface area contributed by atoms with Gasteiger partial charge in [-0.15, -0.1) is 0 Å². The molecule has 1 aromatic heterocycles. The number of anilines is 1. The highest BCUT2D eigenvalue weighted by Crippen LogP contribution is 2.41. The molecule has 1 aliphatic rings. The Morgan fingerprint density at radius 3 is 2.28 bits per heavy atom. The maximum Gasteiger partial charge on any atom is 0.523 e. The van der Waals surface area contributed by atoms with Crippen LogP contribution in [0.5, 0.6) is 28.7 Å². The van der Waals surface area contributed by atoms with Gasteiger partial charge in [-0.3, -0.25) is 18.7 Å². The summed E-state index contributed by atoms with van der Waals surface area (Å²) < 4.78 is 93.1. The number of carbonyl (C=O) groups excluding carboxylic acids is 2. The van der Waals surface area contributed by atoms with Crippen molar-refractivity contribution < 1.29 is 59.0 Å². The van der Waals surface area contributed by atoms with Crippen molar-refractivity contribution >= 4 is 60.3 Å². The number of alkyl halides is 3. The van der Waals surface area contributed by atoms with E-state index in [-0.39, 0.29) is 40.7 Å².